The van der Waals surface area contributed by atoms with Gasteiger partial charge in [-0.25, -0.2) is 0 Å². The molecular formula is C13H18. The Morgan fingerprint density at radius 2 is 2.08 bits per heavy atom. The minimum absolute atomic E-state index is 0.935. The van der Waals surface area contributed by atoms with Crippen LogP contribution < -0.4 is 0 Å². The monoisotopic (exact) mass is 174 g/mol. The SMILES string of the molecule is C1=CCC2CCC3CCCC3C2=C1. The molecular weight excluding hydrogens is 156 g/mol. The zero-order chi connectivity index (χ0) is 8.67. The average Bonchev–Trinajstić information content (AvgIpc) is 2.65. The third-order valence-electron chi connectivity index (χ3n) is 4.29. The van der Waals surface area contributed by atoms with E-state index in [2.05, 4.69) is 18.2 Å². The molecule has 3 aliphatic carbocycles. The molecule has 2 saturated carbocycles. The van der Waals surface area contributed by atoms with E-state index >= 15 is 0 Å². The lowest BCUT2D eigenvalue weighted by Gasteiger charge is -2.36. The van der Waals surface area contributed by atoms with E-state index < -0.39 is 0 Å². The summed E-state index contributed by atoms with van der Waals surface area (Å²) >= 11 is 0. The van der Waals surface area contributed by atoms with E-state index in [1.54, 1.807) is 0 Å². The molecule has 0 radical (unpaired) electrons. The fraction of sp³-hybridized carbons (Fsp3) is 0.692. The number of fused-ring (bicyclic) bond motifs is 3. The Hall–Kier alpha value is -0.520. The summed E-state index contributed by atoms with van der Waals surface area (Å²) in [6.07, 6.45) is 15.9. The maximum absolute atomic E-state index is 2.43. The Balaban J connectivity index is 1.91. The number of allylic oxidation sites excluding steroid dienone is 4. The third kappa shape index (κ3) is 1.19. The van der Waals surface area contributed by atoms with E-state index in [0.717, 1.165) is 17.8 Å². The van der Waals surface area contributed by atoms with Crippen LogP contribution in [0.1, 0.15) is 38.5 Å². The smallest absolute Gasteiger partial charge is 0.0162 e. The Kier molecular flexibility index (Phi) is 1.81. The van der Waals surface area contributed by atoms with Crippen LogP contribution >= 0.6 is 0 Å². The van der Waals surface area contributed by atoms with Gasteiger partial charge in [-0.15, -0.1) is 0 Å². The van der Waals surface area contributed by atoms with E-state index in [-0.39, 0.29) is 0 Å². The van der Waals surface area contributed by atoms with Crippen molar-refractivity contribution in [2.24, 2.45) is 17.8 Å². The van der Waals surface area contributed by atoms with Crippen molar-refractivity contribution in [3.63, 3.8) is 0 Å². The summed E-state index contributed by atoms with van der Waals surface area (Å²) < 4.78 is 0. The van der Waals surface area contributed by atoms with Gasteiger partial charge in [-0.3, -0.25) is 0 Å². The highest BCUT2D eigenvalue weighted by Crippen LogP contribution is 2.49. The maximum atomic E-state index is 2.43. The molecule has 0 spiro atoms. The molecule has 13 heavy (non-hydrogen) atoms. The van der Waals surface area contributed by atoms with Crippen LogP contribution in [-0.2, 0) is 0 Å². The number of hydrogen-bond donors (Lipinski definition) is 0. The van der Waals surface area contributed by atoms with E-state index in [4.69, 9.17) is 0 Å². The molecule has 0 aromatic carbocycles. The minimum atomic E-state index is 0.935. The minimum Gasteiger partial charge on any atom is -0.0839 e. The molecule has 0 heteroatoms. The predicted molar refractivity (Wildman–Crippen MR) is 55.4 cm³/mol. The van der Waals surface area contributed by atoms with Crippen molar-refractivity contribution in [1.29, 1.82) is 0 Å². The second-order valence-electron chi connectivity index (χ2n) is 4.90. The normalized spacial score (nSPS) is 42.5. The first-order chi connectivity index (χ1) is 6.45. The van der Waals surface area contributed by atoms with Crippen LogP contribution in [0.3, 0.4) is 0 Å². The molecule has 0 aromatic heterocycles. The highest BCUT2D eigenvalue weighted by atomic mass is 14.4. The Morgan fingerprint density at radius 3 is 3.08 bits per heavy atom. The summed E-state index contributed by atoms with van der Waals surface area (Å²) in [5.41, 5.74) is 1.82. The van der Waals surface area contributed by atoms with Gasteiger partial charge < -0.3 is 0 Å². The highest BCUT2D eigenvalue weighted by molar-refractivity contribution is 5.26. The van der Waals surface area contributed by atoms with Gasteiger partial charge in [0.05, 0.1) is 0 Å². The van der Waals surface area contributed by atoms with Crippen molar-refractivity contribution in [2.45, 2.75) is 38.5 Å². The second kappa shape index (κ2) is 3.01. The fourth-order valence-corrected chi connectivity index (χ4v) is 3.64. The molecule has 0 N–H and O–H groups in total. The van der Waals surface area contributed by atoms with Crippen LogP contribution in [0.2, 0.25) is 0 Å². The Morgan fingerprint density at radius 1 is 1.08 bits per heavy atom. The lowest BCUT2D eigenvalue weighted by atomic mass is 9.69. The first-order valence-electron chi connectivity index (χ1n) is 5.82. The molecule has 70 valence electrons. The molecule has 0 amide bonds. The largest absolute Gasteiger partial charge is 0.0839 e. The molecule has 3 unspecified atom stereocenters. The van der Waals surface area contributed by atoms with E-state index in [0.29, 0.717) is 0 Å². The molecule has 2 fully saturated rings. The van der Waals surface area contributed by atoms with Crippen LogP contribution in [0.25, 0.3) is 0 Å². The molecule has 0 saturated heterocycles. The van der Waals surface area contributed by atoms with Crippen LogP contribution in [0, 0.1) is 17.8 Å². The van der Waals surface area contributed by atoms with Crippen molar-refractivity contribution < 1.29 is 0 Å². The van der Waals surface area contributed by atoms with Gasteiger partial charge in [0.15, 0.2) is 0 Å². The fourth-order valence-electron chi connectivity index (χ4n) is 3.64. The van der Waals surface area contributed by atoms with Gasteiger partial charge in [0.25, 0.3) is 0 Å². The van der Waals surface area contributed by atoms with Crippen molar-refractivity contribution in [3.05, 3.63) is 23.8 Å². The molecule has 0 heterocycles. The standard InChI is InChI=1S/C13H18/c1-2-6-12-10(4-1)8-9-11-5-3-7-13(11)12/h1-2,6,10-11,13H,3-5,7-9H2. The molecule has 0 aliphatic heterocycles. The van der Waals surface area contributed by atoms with Gasteiger partial charge in [0, 0.05) is 0 Å². The summed E-state index contributed by atoms with van der Waals surface area (Å²) in [5.74, 6) is 2.99. The Labute approximate surface area is 80.7 Å². The van der Waals surface area contributed by atoms with Gasteiger partial charge in [-0.1, -0.05) is 30.2 Å². The van der Waals surface area contributed by atoms with Crippen molar-refractivity contribution >= 4 is 0 Å². The molecule has 3 rings (SSSR count). The van der Waals surface area contributed by atoms with E-state index in [1.165, 1.54) is 38.5 Å². The maximum Gasteiger partial charge on any atom is -0.0162 e. The van der Waals surface area contributed by atoms with Gasteiger partial charge in [-0.2, -0.15) is 0 Å². The van der Waals surface area contributed by atoms with Gasteiger partial charge in [0.2, 0.25) is 0 Å². The quantitative estimate of drug-likeness (QED) is 0.525. The lowest BCUT2D eigenvalue weighted by Crippen LogP contribution is -2.24. The average molecular weight is 174 g/mol. The summed E-state index contributed by atoms with van der Waals surface area (Å²) in [6, 6.07) is 0. The first-order valence-corrected chi connectivity index (χ1v) is 5.82. The van der Waals surface area contributed by atoms with Crippen LogP contribution in [-0.4, -0.2) is 0 Å². The summed E-state index contributed by atoms with van der Waals surface area (Å²) in [5, 5.41) is 0. The third-order valence-corrected chi connectivity index (χ3v) is 4.29. The second-order valence-corrected chi connectivity index (χ2v) is 4.90. The molecule has 3 atom stereocenters. The van der Waals surface area contributed by atoms with Gasteiger partial charge in [0.1, 0.15) is 0 Å². The zero-order valence-electron chi connectivity index (χ0n) is 8.21. The summed E-state index contributed by atoms with van der Waals surface area (Å²) in [7, 11) is 0. The molecule has 0 aromatic rings. The van der Waals surface area contributed by atoms with Crippen LogP contribution in [0.5, 0.6) is 0 Å². The van der Waals surface area contributed by atoms with Gasteiger partial charge >= 0.3 is 0 Å². The van der Waals surface area contributed by atoms with Crippen LogP contribution in [0.4, 0.5) is 0 Å². The zero-order valence-corrected chi connectivity index (χ0v) is 8.21. The van der Waals surface area contributed by atoms with Crippen molar-refractivity contribution in [1.82, 2.24) is 0 Å². The van der Waals surface area contributed by atoms with E-state index in [9.17, 15) is 0 Å². The molecule has 0 nitrogen and oxygen atoms in total. The van der Waals surface area contributed by atoms with Gasteiger partial charge in [-0.05, 0) is 49.9 Å². The molecule has 3 aliphatic rings. The number of hydrogen-bond acceptors (Lipinski definition) is 0. The number of rotatable bonds is 0. The lowest BCUT2D eigenvalue weighted by molar-refractivity contribution is 0.290. The first kappa shape index (κ1) is 7.84. The van der Waals surface area contributed by atoms with Crippen molar-refractivity contribution in [2.75, 3.05) is 0 Å². The topological polar surface area (TPSA) is 0 Å². The Bertz CT molecular complexity index is 259. The van der Waals surface area contributed by atoms with Crippen LogP contribution in [0.15, 0.2) is 23.8 Å². The summed E-state index contributed by atoms with van der Waals surface area (Å²) in [6.45, 7) is 0. The highest BCUT2D eigenvalue weighted by Gasteiger charge is 2.37. The van der Waals surface area contributed by atoms with E-state index in [1.807, 2.05) is 5.57 Å². The van der Waals surface area contributed by atoms with Crippen molar-refractivity contribution in [3.8, 4) is 0 Å². The summed E-state index contributed by atoms with van der Waals surface area (Å²) in [4.78, 5) is 0. The predicted octanol–water partition coefficient (Wildman–Crippen LogP) is 3.70. The molecule has 0 bridgehead atoms.